The lowest BCUT2D eigenvalue weighted by Gasteiger charge is -2.32. The molecule has 0 spiro atoms. The van der Waals surface area contributed by atoms with Crippen molar-refractivity contribution in [2.75, 3.05) is 5.32 Å². The average Bonchev–Trinajstić information content (AvgIpc) is 2.29. The molecule has 0 radical (unpaired) electrons. The smallest absolute Gasteiger partial charge is 0.211 e. The number of carbonyl (C=O) groups is 1. The molecule has 4 nitrogen and oxygen atoms in total. The van der Waals surface area contributed by atoms with Crippen LogP contribution in [0.25, 0.3) is 0 Å². The van der Waals surface area contributed by atoms with Gasteiger partial charge in [0.25, 0.3) is 0 Å². The zero-order valence-electron chi connectivity index (χ0n) is 10.1. The van der Waals surface area contributed by atoms with Crippen molar-refractivity contribution in [3.63, 3.8) is 0 Å². The van der Waals surface area contributed by atoms with Gasteiger partial charge in [0.2, 0.25) is 6.41 Å². The maximum atomic E-state index is 10.6. The van der Waals surface area contributed by atoms with Crippen molar-refractivity contribution < 1.29 is 4.79 Å². The van der Waals surface area contributed by atoms with Crippen LogP contribution in [-0.2, 0) is 4.79 Å². The van der Waals surface area contributed by atoms with Crippen molar-refractivity contribution in [1.82, 2.24) is 4.98 Å². The average molecular weight is 233 g/mol. The van der Waals surface area contributed by atoms with Gasteiger partial charge in [0.1, 0.15) is 0 Å². The lowest BCUT2D eigenvalue weighted by Crippen LogP contribution is -2.31. The first-order valence-corrected chi connectivity index (χ1v) is 6.10. The van der Waals surface area contributed by atoms with Gasteiger partial charge in [-0.05, 0) is 42.7 Å². The minimum Gasteiger partial charge on any atom is -0.328 e. The van der Waals surface area contributed by atoms with Gasteiger partial charge < -0.3 is 11.1 Å². The fourth-order valence-corrected chi connectivity index (χ4v) is 2.86. The Morgan fingerprint density at radius 1 is 1.47 bits per heavy atom. The number of rotatable bonds is 3. The maximum Gasteiger partial charge on any atom is 0.211 e. The number of hydrogen-bond donors (Lipinski definition) is 2. The first kappa shape index (κ1) is 12.0. The summed E-state index contributed by atoms with van der Waals surface area (Å²) in [7, 11) is 0. The molecule has 17 heavy (non-hydrogen) atoms. The molecular formula is C13H19N3O. The van der Waals surface area contributed by atoms with E-state index in [1.165, 1.54) is 0 Å². The summed E-state index contributed by atoms with van der Waals surface area (Å²) >= 11 is 0. The van der Waals surface area contributed by atoms with Crippen LogP contribution in [0.15, 0.2) is 18.5 Å². The Bertz CT molecular complexity index is 384. The molecule has 3 unspecified atom stereocenters. The Morgan fingerprint density at radius 2 is 2.29 bits per heavy atom. The zero-order chi connectivity index (χ0) is 12.3. The van der Waals surface area contributed by atoms with Crippen LogP contribution in [-0.4, -0.2) is 17.4 Å². The van der Waals surface area contributed by atoms with Gasteiger partial charge in [-0.2, -0.15) is 0 Å². The van der Waals surface area contributed by atoms with Gasteiger partial charge in [-0.25, -0.2) is 0 Å². The predicted molar refractivity (Wildman–Crippen MR) is 67.7 cm³/mol. The first-order chi connectivity index (χ1) is 8.20. The first-order valence-electron chi connectivity index (χ1n) is 6.10. The minimum atomic E-state index is 0.265. The number of nitrogens with two attached hydrogens (primary N) is 1. The summed E-state index contributed by atoms with van der Waals surface area (Å²) in [5.41, 5.74) is 8.05. The molecule has 0 bridgehead atoms. The highest BCUT2D eigenvalue weighted by Crippen LogP contribution is 2.37. The van der Waals surface area contributed by atoms with E-state index in [4.69, 9.17) is 5.73 Å². The molecule has 0 saturated heterocycles. The number of nitrogens with zero attached hydrogens (tertiary/aromatic N) is 1. The Kier molecular flexibility index (Phi) is 3.74. The van der Waals surface area contributed by atoms with Gasteiger partial charge in [-0.15, -0.1) is 0 Å². The molecule has 3 N–H and O–H groups in total. The van der Waals surface area contributed by atoms with Crippen molar-refractivity contribution in [3.8, 4) is 0 Å². The molecule has 1 saturated carbocycles. The highest BCUT2D eigenvalue weighted by Gasteiger charge is 2.26. The largest absolute Gasteiger partial charge is 0.328 e. The lowest BCUT2D eigenvalue weighted by molar-refractivity contribution is -0.105. The highest BCUT2D eigenvalue weighted by atomic mass is 16.1. The molecule has 3 atom stereocenters. The van der Waals surface area contributed by atoms with Crippen LogP contribution in [0.4, 0.5) is 5.69 Å². The molecular weight excluding hydrogens is 214 g/mol. The molecule has 0 aliphatic heterocycles. The zero-order valence-corrected chi connectivity index (χ0v) is 10.1. The number of carbonyl (C=O) groups excluding carboxylic acids is 1. The summed E-state index contributed by atoms with van der Waals surface area (Å²) in [4.78, 5) is 14.6. The topological polar surface area (TPSA) is 68.0 Å². The highest BCUT2D eigenvalue weighted by molar-refractivity contribution is 5.73. The Balaban J connectivity index is 2.23. The van der Waals surface area contributed by atoms with Gasteiger partial charge in [0.05, 0.1) is 11.9 Å². The summed E-state index contributed by atoms with van der Waals surface area (Å²) < 4.78 is 0. The van der Waals surface area contributed by atoms with E-state index in [0.29, 0.717) is 18.2 Å². The van der Waals surface area contributed by atoms with Crippen molar-refractivity contribution >= 4 is 12.1 Å². The van der Waals surface area contributed by atoms with Crippen LogP contribution in [0.5, 0.6) is 0 Å². The van der Waals surface area contributed by atoms with Gasteiger partial charge in [-0.3, -0.25) is 9.78 Å². The van der Waals surface area contributed by atoms with Gasteiger partial charge in [-0.1, -0.05) is 6.92 Å². The SMILES string of the molecule is CC1CC(N)CC(c2ccncc2NC=O)C1. The molecule has 1 aliphatic rings. The van der Waals surface area contributed by atoms with Crippen LogP contribution >= 0.6 is 0 Å². The quantitative estimate of drug-likeness (QED) is 0.783. The van der Waals surface area contributed by atoms with Crippen molar-refractivity contribution in [1.29, 1.82) is 0 Å². The van der Waals surface area contributed by atoms with Gasteiger partial charge >= 0.3 is 0 Å². The van der Waals surface area contributed by atoms with E-state index in [1.54, 1.807) is 12.4 Å². The standard InChI is InChI=1S/C13H19N3O/c1-9-4-10(6-11(14)5-9)12-2-3-15-7-13(12)16-8-17/h2-3,7-11H,4-6,14H2,1H3,(H,16,17). The van der Waals surface area contributed by atoms with Crippen LogP contribution in [0, 0.1) is 5.92 Å². The van der Waals surface area contributed by atoms with Crippen LogP contribution in [0.1, 0.15) is 37.7 Å². The van der Waals surface area contributed by atoms with E-state index in [9.17, 15) is 4.79 Å². The van der Waals surface area contributed by atoms with E-state index >= 15 is 0 Å². The number of amides is 1. The van der Waals surface area contributed by atoms with Crippen LogP contribution in [0.2, 0.25) is 0 Å². The third-order valence-corrected chi connectivity index (χ3v) is 3.49. The fraction of sp³-hybridized carbons (Fsp3) is 0.538. The van der Waals surface area contributed by atoms with Gasteiger partial charge in [0.15, 0.2) is 0 Å². The van der Waals surface area contributed by atoms with Crippen molar-refractivity contribution in [2.24, 2.45) is 11.7 Å². The molecule has 1 heterocycles. The van der Waals surface area contributed by atoms with Crippen molar-refractivity contribution in [3.05, 3.63) is 24.0 Å². The second-order valence-corrected chi connectivity index (χ2v) is 4.99. The summed E-state index contributed by atoms with van der Waals surface area (Å²) in [5, 5.41) is 2.72. The summed E-state index contributed by atoms with van der Waals surface area (Å²) in [6.07, 6.45) is 7.39. The maximum absolute atomic E-state index is 10.6. The molecule has 1 fully saturated rings. The van der Waals surface area contributed by atoms with E-state index in [0.717, 1.165) is 30.5 Å². The van der Waals surface area contributed by atoms with E-state index in [1.807, 2.05) is 6.07 Å². The van der Waals surface area contributed by atoms with Crippen LogP contribution in [0.3, 0.4) is 0 Å². The number of anilines is 1. The third kappa shape index (κ3) is 2.82. The summed E-state index contributed by atoms with van der Waals surface area (Å²) in [5.74, 6) is 1.07. The molecule has 1 aromatic heterocycles. The number of nitrogens with one attached hydrogen (secondary N) is 1. The molecule has 2 rings (SSSR count). The van der Waals surface area contributed by atoms with Crippen molar-refractivity contribution in [2.45, 2.75) is 38.1 Å². The fourth-order valence-electron chi connectivity index (χ4n) is 2.86. The second kappa shape index (κ2) is 5.27. The summed E-state index contributed by atoms with van der Waals surface area (Å²) in [6.45, 7) is 2.24. The van der Waals surface area contributed by atoms with Crippen LogP contribution < -0.4 is 11.1 Å². The predicted octanol–water partition coefficient (Wildman–Crippen LogP) is 1.88. The molecule has 4 heteroatoms. The third-order valence-electron chi connectivity index (χ3n) is 3.49. The number of hydrogen-bond acceptors (Lipinski definition) is 3. The molecule has 1 amide bonds. The number of aromatic nitrogens is 1. The van der Waals surface area contributed by atoms with Gasteiger partial charge in [0, 0.05) is 12.2 Å². The second-order valence-electron chi connectivity index (χ2n) is 4.99. The number of pyridine rings is 1. The Labute approximate surface area is 102 Å². The molecule has 1 aliphatic carbocycles. The molecule has 92 valence electrons. The van der Waals surface area contributed by atoms with E-state index < -0.39 is 0 Å². The van der Waals surface area contributed by atoms with E-state index in [2.05, 4.69) is 17.2 Å². The minimum absolute atomic E-state index is 0.265. The Morgan fingerprint density at radius 3 is 3.00 bits per heavy atom. The Hall–Kier alpha value is -1.42. The lowest BCUT2D eigenvalue weighted by atomic mass is 9.76. The normalized spacial score (nSPS) is 28.7. The molecule has 1 aromatic rings. The molecule has 0 aromatic carbocycles. The summed E-state index contributed by atoms with van der Waals surface area (Å²) in [6, 6.07) is 2.25. The monoisotopic (exact) mass is 233 g/mol. The van der Waals surface area contributed by atoms with E-state index in [-0.39, 0.29) is 6.04 Å².